The third-order valence-corrected chi connectivity index (χ3v) is 4.47. The minimum Gasteiger partial charge on any atom is -0.352 e. The molecule has 1 atom stereocenters. The number of nitrogens with zero attached hydrogens (tertiary/aromatic N) is 1. The van der Waals surface area contributed by atoms with Gasteiger partial charge in [-0.05, 0) is 30.9 Å². The van der Waals surface area contributed by atoms with Crippen LogP contribution < -0.4 is 11.1 Å². The standard InChI is InChI=1S/C18H27N3O2/c1-14-9-5-6-10-15(14)16(20-18(19)23)13-17(22)21-11-7-3-2-4-8-12-21/h5-6,9-10,16H,2-4,7-8,11-13H2,1H3,(H3,19,20,23). The number of nitrogens with two attached hydrogens (primary N) is 1. The molecule has 3 N–H and O–H groups in total. The lowest BCUT2D eigenvalue weighted by Gasteiger charge is -2.27. The summed E-state index contributed by atoms with van der Waals surface area (Å²) in [7, 11) is 0. The average Bonchev–Trinajstić information content (AvgIpc) is 2.46. The molecule has 1 heterocycles. The maximum atomic E-state index is 12.7. The van der Waals surface area contributed by atoms with E-state index in [1.54, 1.807) is 0 Å². The minimum absolute atomic E-state index is 0.0916. The molecule has 126 valence electrons. The van der Waals surface area contributed by atoms with Gasteiger partial charge in [-0.2, -0.15) is 0 Å². The summed E-state index contributed by atoms with van der Waals surface area (Å²) in [5.41, 5.74) is 7.30. The second kappa shape index (κ2) is 8.56. The van der Waals surface area contributed by atoms with Crippen molar-refractivity contribution in [1.82, 2.24) is 10.2 Å². The number of primary amides is 1. The van der Waals surface area contributed by atoms with Crippen molar-refractivity contribution in [3.05, 3.63) is 35.4 Å². The molecule has 1 aromatic rings. The third-order valence-electron chi connectivity index (χ3n) is 4.47. The van der Waals surface area contributed by atoms with Crippen LogP contribution in [0.15, 0.2) is 24.3 Å². The Balaban J connectivity index is 2.08. The van der Waals surface area contributed by atoms with Crippen LogP contribution in [-0.2, 0) is 4.79 Å². The lowest BCUT2D eigenvalue weighted by molar-refractivity contribution is -0.132. The largest absolute Gasteiger partial charge is 0.352 e. The Morgan fingerprint density at radius 2 is 1.74 bits per heavy atom. The molecule has 0 radical (unpaired) electrons. The summed E-state index contributed by atoms with van der Waals surface area (Å²) in [5.74, 6) is 0.0916. The average molecular weight is 317 g/mol. The lowest BCUT2D eigenvalue weighted by Crippen LogP contribution is -2.39. The van der Waals surface area contributed by atoms with Crippen LogP contribution in [0.1, 0.15) is 55.7 Å². The molecule has 1 fully saturated rings. The van der Waals surface area contributed by atoms with Gasteiger partial charge in [0.15, 0.2) is 0 Å². The summed E-state index contributed by atoms with van der Waals surface area (Å²) in [4.78, 5) is 25.9. The molecule has 0 bridgehead atoms. The topological polar surface area (TPSA) is 75.4 Å². The molecule has 1 unspecified atom stereocenters. The van der Waals surface area contributed by atoms with E-state index in [1.165, 1.54) is 19.3 Å². The van der Waals surface area contributed by atoms with E-state index in [1.807, 2.05) is 36.1 Å². The first-order chi connectivity index (χ1) is 11.1. The number of hydrogen-bond donors (Lipinski definition) is 2. The van der Waals surface area contributed by atoms with Crippen LogP contribution in [0.3, 0.4) is 0 Å². The predicted octanol–water partition coefficient (Wildman–Crippen LogP) is 2.89. The molecule has 0 spiro atoms. The van der Waals surface area contributed by atoms with E-state index in [-0.39, 0.29) is 18.4 Å². The summed E-state index contributed by atoms with van der Waals surface area (Å²) in [6.07, 6.45) is 6.01. The molecule has 1 aliphatic heterocycles. The number of carbonyl (C=O) groups excluding carboxylic acids is 2. The first-order valence-corrected chi connectivity index (χ1v) is 8.47. The number of carbonyl (C=O) groups is 2. The Hall–Kier alpha value is -2.04. The zero-order valence-electron chi connectivity index (χ0n) is 13.9. The van der Waals surface area contributed by atoms with Crippen LogP contribution in [0, 0.1) is 6.92 Å². The van der Waals surface area contributed by atoms with Gasteiger partial charge < -0.3 is 16.0 Å². The van der Waals surface area contributed by atoms with Crippen LogP contribution >= 0.6 is 0 Å². The molecule has 5 nitrogen and oxygen atoms in total. The molecular formula is C18H27N3O2. The van der Waals surface area contributed by atoms with E-state index in [2.05, 4.69) is 5.32 Å². The maximum Gasteiger partial charge on any atom is 0.312 e. The zero-order valence-corrected chi connectivity index (χ0v) is 13.9. The van der Waals surface area contributed by atoms with Gasteiger partial charge in [-0.15, -0.1) is 0 Å². The molecule has 3 amide bonds. The zero-order chi connectivity index (χ0) is 16.7. The normalized spacial score (nSPS) is 17.0. The number of rotatable bonds is 4. The van der Waals surface area contributed by atoms with Gasteiger partial charge in [-0.25, -0.2) is 4.79 Å². The fourth-order valence-corrected chi connectivity index (χ4v) is 3.19. The highest BCUT2D eigenvalue weighted by Crippen LogP contribution is 2.22. The molecule has 0 aromatic heterocycles. The van der Waals surface area contributed by atoms with Crippen molar-refractivity contribution in [1.29, 1.82) is 0 Å². The molecule has 23 heavy (non-hydrogen) atoms. The first kappa shape index (κ1) is 17.3. The first-order valence-electron chi connectivity index (χ1n) is 8.47. The van der Waals surface area contributed by atoms with Crippen molar-refractivity contribution in [3.8, 4) is 0 Å². The van der Waals surface area contributed by atoms with E-state index in [9.17, 15) is 9.59 Å². The molecule has 5 heteroatoms. The van der Waals surface area contributed by atoms with Gasteiger partial charge in [0.05, 0.1) is 12.5 Å². The minimum atomic E-state index is -0.598. The molecule has 2 rings (SSSR count). The molecular weight excluding hydrogens is 290 g/mol. The number of likely N-dealkylation sites (tertiary alicyclic amines) is 1. The van der Waals surface area contributed by atoms with Crippen molar-refractivity contribution in [2.45, 2.75) is 51.5 Å². The van der Waals surface area contributed by atoms with Crippen LogP contribution in [-0.4, -0.2) is 29.9 Å². The van der Waals surface area contributed by atoms with Gasteiger partial charge in [-0.1, -0.05) is 43.5 Å². The van der Waals surface area contributed by atoms with Gasteiger partial charge in [0.2, 0.25) is 5.91 Å². The Morgan fingerprint density at radius 1 is 1.13 bits per heavy atom. The van der Waals surface area contributed by atoms with Crippen LogP contribution in [0.25, 0.3) is 0 Å². The summed E-state index contributed by atoms with van der Waals surface area (Å²) in [6.45, 7) is 3.61. The predicted molar refractivity (Wildman–Crippen MR) is 90.9 cm³/mol. The van der Waals surface area contributed by atoms with Gasteiger partial charge in [-0.3, -0.25) is 4.79 Å². The van der Waals surface area contributed by atoms with E-state index in [4.69, 9.17) is 5.73 Å². The van der Waals surface area contributed by atoms with E-state index in [0.717, 1.165) is 37.1 Å². The molecule has 0 saturated carbocycles. The Kier molecular flexibility index (Phi) is 6.44. The second-order valence-electron chi connectivity index (χ2n) is 6.27. The van der Waals surface area contributed by atoms with Crippen LogP contribution in [0.4, 0.5) is 4.79 Å². The monoisotopic (exact) mass is 317 g/mol. The Labute approximate surface area is 138 Å². The number of benzene rings is 1. The number of hydrogen-bond acceptors (Lipinski definition) is 2. The highest BCUT2D eigenvalue weighted by molar-refractivity contribution is 5.79. The van der Waals surface area contributed by atoms with Crippen LogP contribution in [0.2, 0.25) is 0 Å². The highest BCUT2D eigenvalue weighted by Gasteiger charge is 2.22. The quantitative estimate of drug-likeness (QED) is 0.896. The highest BCUT2D eigenvalue weighted by atomic mass is 16.2. The molecule has 1 aliphatic rings. The number of aryl methyl sites for hydroxylation is 1. The van der Waals surface area contributed by atoms with Crippen molar-refractivity contribution < 1.29 is 9.59 Å². The van der Waals surface area contributed by atoms with E-state index >= 15 is 0 Å². The number of amides is 3. The van der Waals surface area contributed by atoms with E-state index in [0.29, 0.717) is 0 Å². The molecule has 0 aliphatic carbocycles. The number of urea groups is 1. The van der Waals surface area contributed by atoms with Crippen molar-refractivity contribution >= 4 is 11.9 Å². The van der Waals surface area contributed by atoms with Crippen molar-refractivity contribution in [2.24, 2.45) is 5.73 Å². The SMILES string of the molecule is Cc1ccccc1C(CC(=O)N1CCCCCCC1)NC(N)=O. The fourth-order valence-electron chi connectivity index (χ4n) is 3.19. The van der Waals surface area contributed by atoms with Crippen molar-refractivity contribution in [2.75, 3.05) is 13.1 Å². The number of nitrogens with one attached hydrogen (secondary N) is 1. The third kappa shape index (κ3) is 5.27. The van der Waals surface area contributed by atoms with Crippen LogP contribution in [0.5, 0.6) is 0 Å². The molecule has 1 aromatic carbocycles. The van der Waals surface area contributed by atoms with Gasteiger partial charge in [0.1, 0.15) is 0 Å². The Bertz CT molecular complexity index is 537. The summed E-state index contributed by atoms with van der Waals surface area (Å²) < 4.78 is 0. The van der Waals surface area contributed by atoms with Gasteiger partial charge in [0, 0.05) is 13.1 Å². The lowest BCUT2D eigenvalue weighted by atomic mass is 9.98. The summed E-state index contributed by atoms with van der Waals surface area (Å²) in [6, 6.07) is 6.81. The second-order valence-corrected chi connectivity index (χ2v) is 6.27. The van der Waals surface area contributed by atoms with Gasteiger partial charge >= 0.3 is 6.03 Å². The molecule has 1 saturated heterocycles. The van der Waals surface area contributed by atoms with Crippen molar-refractivity contribution in [3.63, 3.8) is 0 Å². The summed E-state index contributed by atoms with van der Waals surface area (Å²) in [5, 5.41) is 2.73. The maximum absolute atomic E-state index is 12.7. The fraction of sp³-hybridized carbons (Fsp3) is 0.556. The van der Waals surface area contributed by atoms with Gasteiger partial charge in [0.25, 0.3) is 0 Å². The smallest absolute Gasteiger partial charge is 0.312 e. The summed E-state index contributed by atoms with van der Waals surface area (Å²) >= 11 is 0. The van der Waals surface area contributed by atoms with E-state index < -0.39 is 6.03 Å². The Morgan fingerprint density at radius 3 is 2.35 bits per heavy atom.